The second kappa shape index (κ2) is 12.3. The molecule has 6 rings (SSSR count). The third-order valence-electron chi connectivity index (χ3n) is 11.6. The largest absolute Gasteiger partial charge is 0.459 e. The summed E-state index contributed by atoms with van der Waals surface area (Å²) in [5, 5.41) is 38.3. The van der Waals surface area contributed by atoms with E-state index in [9.17, 15) is 34.5 Å². The summed E-state index contributed by atoms with van der Waals surface area (Å²) >= 11 is 0. The van der Waals surface area contributed by atoms with Crippen molar-refractivity contribution in [2.45, 2.75) is 101 Å². The molecule has 4 aliphatic rings. The predicted octanol–water partition coefficient (Wildman–Crippen LogP) is 3.16. The molecule has 50 heavy (non-hydrogen) atoms. The Balaban J connectivity index is 1.57. The van der Waals surface area contributed by atoms with Gasteiger partial charge in [-0.25, -0.2) is 9.59 Å². The Morgan fingerprint density at radius 3 is 1.78 bits per heavy atom. The first-order chi connectivity index (χ1) is 23.4. The summed E-state index contributed by atoms with van der Waals surface area (Å²) in [4.78, 5) is 52.8. The van der Waals surface area contributed by atoms with Crippen LogP contribution < -0.4 is 0 Å². The van der Waals surface area contributed by atoms with Crippen LogP contribution >= 0.6 is 0 Å². The number of fused-ring (bicyclic) bond motifs is 3. The van der Waals surface area contributed by atoms with Crippen LogP contribution in [-0.4, -0.2) is 92.1 Å². The molecule has 13 atom stereocenters. The van der Waals surface area contributed by atoms with E-state index in [1.807, 2.05) is 0 Å². The Labute approximate surface area is 290 Å². The molecular weight excluding hydrogens is 648 g/mol. The summed E-state index contributed by atoms with van der Waals surface area (Å²) in [5.74, 6) is -7.29. The van der Waals surface area contributed by atoms with Gasteiger partial charge in [0.15, 0.2) is 11.7 Å². The monoisotopic (exact) mass is 692 g/mol. The average Bonchev–Trinajstić information content (AvgIpc) is 3.30. The zero-order chi connectivity index (χ0) is 36.6. The summed E-state index contributed by atoms with van der Waals surface area (Å²) in [7, 11) is 0. The first-order valence-corrected chi connectivity index (χ1v) is 16.8. The summed E-state index contributed by atoms with van der Waals surface area (Å²) in [5.41, 5.74) is -7.60. The zero-order valence-electron chi connectivity index (χ0n) is 28.9. The molecule has 0 aromatic heterocycles. The van der Waals surface area contributed by atoms with Gasteiger partial charge in [-0.1, -0.05) is 56.8 Å². The Morgan fingerprint density at radius 1 is 0.780 bits per heavy atom. The third kappa shape index (κ3) is 4.94. The molecule has 2 saturated heterocycles. The fourth-order valence-corrected chi connectivity index (χ4v) is 9.51. The smallest absolute Gasteiger partial charge is 0.338 e. The summed E-state index contributed by atoms with van der Waals surface area (Å²) < 4.78 is 30.9. The molecule has 3 N–H and O–H groups in total. The SMILES string of the molecule is C=C(C)C1(O)C(O)C2C(OC(C)=O)C3(C)OC4(C(OC(C)=O)C(C)CC4C2(O)C(C)C1OC(=O)c1ccccc1)C3OC(=O)c1ccccc1. The summed E-state index contributed by atoms with van der Waals surface area (Å²) in [6.45, 7) is 12.7. The van der Waals surface area contributed by atoms with Crippen LogP contribution in [0.3, 0.4) is 0 Å². The highest BCUT2D eigenvalue weighted by atomic mass is 16.7. The molecule has 4 fully saturated rings. The summed E-state index contributed by atoms with van der Waals surface area (Å²) in [6.07, 6.45) is -7.35. The molecule has 0 amide bonds. The molecule has 13 unspecified atom stereocenters. The van der Waals surface area contributed by atoms with E-state index in [-0.39, 0.29) is 23.1 Å². The molecule has 12 heteroatoms. The number of hydrogen-bond acceptors (Lipinski definition) is 12. The lowest BCUT2D eigenvalue weighted by Crippen LogP contribution is -2.80. The maximum Gasteiger partial charge on any atom is 0.338 e. The van der Waals surface area contributed by atoms with Crippen LogP contribution in [0.2, 0.25) is 0 Å². The average molecular weight is 693 g/mol. The van der Waals surface area contributed by atoms with Crippen molar-refractivity contribution in [3.63, 3.8) is 0 Å². The van der Waals surface area contributed by atoms with Gasteiger partial charge in [-0.15, -0.1) is 0 Å². The fourth-order valence-electron chi connectivity index (χ4n) is 9.51. The second-order valence-corrected chi connectivity index (χ2v) is 14.6. The van der Waals surface area contributed by atoms with Crippen molar-refractivity contribution >= 4 is 23.9 Å². The highest BCUT2D eigenvalue weighted by molar-refractivity contribution is 5.90. The van der Waals surface area contributed by atoms with E-state index in [1.165, 1.54) is 32.9 Å². The van der Waals surface area contributed by atoms with Crippen LogP contribution in [0.4, 0.5) is 0 Å². The van der Waals surface area contributed by atoms with Crippen molar-refractivity contribution in [2.24, 2.45) is 23.7 Å². The van der Waals surface area contributed by atoms with Crippen LogP contribution in [0.1, 0.15) is 68.7 Å². The number of hydrogen-bond donors (Lipinski definition) is 3. The number of benzene rings is 2. The normalized spacial score (nSPS) is 41.3. The minimum Gasteiger partial charge on any atom is -0.459 e. The van der Waals surface area contributed by atoms with Crippen molar-refractivity contribution in [2.75, 3.05) is 0 Å². The minimum absolute atomic E-state index is 0.0216. The number of rotatable bonds is 7. The molecule has 268 valence electrons. The second-order valence-electron chi connectivity index (χ2n) is 14.6. The molecule has 2 aromatic carbocycles. The third-order valence-corrected chi connectivity index (χ3v) is 11.6. The van der Waals surface area contributed by atoms with E-state index in [2.05, 4.69) is 6.58 Å². The highest BCUT2D eigenvalue weighted by Gasteiger charge is 2.88. The van der Waals surface area contributed by atoms with E-state index >= 15 is 0 Å². The van der Waals surface area contributed by atoms with E-state index in [0.717, 1.165) is 6.92 Å². The minimum atomic E-state index is -2.37. The van der Waals surface area contributed by atoms with E-state index < -0.39 is 100 Å². The van der Waals surface area contributed by atoms with E-state index in [4.69, 9.17) is 23.7 Å². The van der Waals surface area contributed by atoms with Gasteiger partial charge >= 0.3 is 23.9 Å². The first kappa shape index (κ1) is 35.7. The Morgan fingerprint density at radius 2 is 1.28 bits per heavy atom. The van der Waals surface area contributed by atoms with Gasteiger partial charge in [0.05, 0.1) is 28.7 Å². The predicted molar refractivity (Wildman–Crippen MR) is 175 cm³/mol. The Kier molecular flexibility index (Phi) is 8.78. The lowest BCUT2D eigenvalue weighted by Gasteiger charge is -2.62. The van der Waals surface area contributed by atoms with Gasteiger partial charge in [-0.2, -0.15) is 0 Å². The van der Waals surface area contributed by atoms with Crippen molar-refractivity contribution < 1.29 is 58.2 Å². The fraction of sp³-hybridized carbons (Fsp3) is 0.526. The van der Waals surface area contributed by atoms with Crippen LogP contribution in [0, 0.1) is 23.7 Å². The molecule has 0 radical (unpaired) electrons. The highest BCUT2D eigenvalue weighted by Crippen LogP contribution is 2.70. The van der Waals surface area contributed by atoms with Crippen LogP contribution in [0.5, 0.6) is 0 Å². The van der Waals surface area contributed by atoms with Crippen molar-refractivity contribution in [1.29, 1.82) is 0 Å². The molecule has 2 aliphatic heterocycles. The Hall–Kier alpha value is -4.10. The summed E-state index contributed by atoms with van der Waals surface area (Å²) in [6, 6.07) is 16.2. The van der Waals surface area contributed by atoms with Gasteiger partial charge in [-0.3, -0.25) is 9.59 Å². The van der Waals surface area contributed by atoms with Gasteiger partial charge in [-0.05, 0) is 56.0 Å². The number of aliphatic hydroxyl groups is 3. The number of ether oxygens (including phenoxy) is 5. The van der Waals surface area contributed by atoms with Gasteiger partial charge in [0.25, 0.3) is 0 Å². The van der Waals surface area contributed by atoms with Crippen LogP contribution in [0.25, 0.3) is 0 Å². The van der Waals surface area contributed by atoms with E-state index in [1.54, 1.807) is 62.4 Å². The first-order valence-electron chi connectivity index (χ1n) is 16.8. The maximum atomic E-state index is 13.8. The molecule has 2 saturated carbocycles. The van der Waals surface area contributed by atoms with Crippen LogP contribution in [0.15, 0.2) is 72.8 Å². The quantitative estimate of drug-likeness (QED) is 0.220. The number of carbonyl (C=O) groups excluding carboxylic acids is 4. The molecule has 2 aliphatic carbocycles. The molecule has 2 aromatic rings. The lowest BCUT2D eigenvalue weighted by molar-refractivity contribution is -0.389. The maximum absolute atomic E-state index is 13.8. The standard InChI is InChI=1S/C38H44O12/c1-19(2)36(44)28(41)27-31(47-23(6)40)35(7)34(49-33(43)25-16-12-9-13-17-25)38(50-35)26(18-20(3)29(38)46-22(5)39)37(27,45)21(4)30(36)48-32(42)24-14-10-8-11-15-24/h8-17,20-21,26-31,34,41,44-45H,1,18H2,2-7H3. The molecule has 2 heterocycles. The van der Waals surface area contributed by atoms with Crippen LogP contribution in [-0.2, 0) is 33.3 Å². The van der Waals surface area contributed by atoms with Gasteiger partial charge in [0.1, 0.15) is 29.5 Å². The number of carbonyl (C=O) groups is 4. The van der Waals surface area contributed by atoms with Crippen molar-refractivity contribution in [3.8, 4) is 0 Å². The number of aliphatic hydroxyl groups excluding tert-OH is 1. The zero-order valence-corrected chi connectivity index (χ0v) is 28.9. The molecule has 1 spiro atoms. The Bertz CT molecular complexity index is 1700. The van der Waals surface area contributed by atoms with Gasteiger partial charge in [0, 0.05) is 25.7 Å². The molecule has 12 nitrogen and oxygen atoms in total. The van der Waals surface area contributed by atoms with Gasteiger partial charge < -0.3 is 39.0 Å². The molecule has 2 bridgehead atoms. The van der Waals surface area contributed by atoms with Crippen molar-refractivity contribution in [1.82, 2.24) is 0 Å². The topological polar surface area (TPSA) is 175 Å². The lowest BCUT2D eigenvalue weighted by atomic mass is 9.53. The molecular formula is C38H44O12. The van der Waals surface area contributed by atoms with E-state index in [0.29, 0.717) is 0 Å². The van der Waals surface area contributed by atoms with Gasteiger partial charge in [0.2, 0.25) is 0 Å². The van der Waals surface area contributed by atoms with Crippen molar-refractivity contribution in [3.05, 3.63) is 83.9 Å². The number of esters is 4.